The Morgan fingerprint density at radius 3 is 2.10 bits per heavy atom. The highest BCUT2D eigenvalue weighted by Gasteiger charge is 2.29. The van der Waals surface area contributed by atoms with Gasteiger partial charge in [0.05, 0.1) is 9.82 Å². The molecule has 9 heteroatoms. The standard InChI is InChI=1S/C14H14ClN3O4S.C7H8/c1-2-17(13-8-3-10(15)9-14(13)18(19)20)23(21,22)12-6-4-11(16)5-7-12;1-7-5-3-2-4-6-7/h3-9H,2,16H2,1H3;2-6H,1H3. The van der Waals surface area contributed by atoms with Gasteiger partial charge in [0.25, 0.3) is 15.7 Å². The van der Waals surface area contributed by atoms with E-state index in [2.05, 4.69) is 19.1 Å². The van der Waals surface area contributed by atoms with Crippen LogP contribution in [0.25, 0.3) is 0 Å². The number of rotatable bonds is 5. The first-order chi connectivity index (χ1) is 14.2. The van der Waals surface area contributed by atoms with E-state index in [4.69, 9.17) is 17.3 Å². The molecule has 3 rings (SSSR count). The number of nitro benzene ring substituents is 1. The highest BCUT2D eigenvalue weighted by atomic mass is 35.5. The molecule has 7 nitrogen and oxygen atoms in total. The number of nitro groups is 1. The molecule has 158 valence electrons. The smallest absolute Gasteiger partial charge is 0.295 e. The number of halogens is 1. The Labute approximate surface area is 180 Å². The third kappa shape index (κ3) is 5.71. The zero-order valence-electron chi connectivity index (χ0n) is 16.5. The van der Waals surface area contributed by atoms with Crippen molar-refractivity contribution in [3.05, 3.63) is 93.5 Å². The normalized spacial score (nSPS) is 10.6. The van der Waals surface area contributed by atoms with Crippen LogP contribution in [0.1, 0.15) is 12.5 Å². The molecule has 0 unspecified atom stereocenters. The van der Waals surface area contributed by atoms with Gasteiger partial charge in [-0.05, 0) is 50.2 Å². The Morgan fingerprint density at radius 2 is 1.63 bits per heavy atom. The lowest BCUT2D eigenvalue weighted by molar-refractivity contribution is -0.384. The Hall–Kier alpha value is -3.10. The molecule has 2 N–H and O–H groups in total. The number of benzene rings is 3. The minimum Gasteiger partial charge on any atom is -0.399 e. The van der Waals surface area contributed by atoms with Crippen molar-refractivity contribution >= 4 is 38.7 Å². The van der Waals surface area contributed by atoms with E-state index in [1.54, 1.807) is 6.92 Å². The molecule has 0 bridgehead atoms. The predicted molar refractivity (Wildman–Crippen MR) is 120 cm³/mol. The Morgan fingerprint density at radius 1 is 1.03 bits per heavy atom. The van der Waals surface area contributed by atoms with Gasteiger partial charge in [-0.2, -0.15) is 0 Å². The summed E-state index contributed by atoms with van der Waals surface area (Å²) >= 11 is 5.77. The number of anilines is 2. The van der Waals surface area contributed by atoms with E-state index < -0.39 is 14.9 Å². The fourth-order valence-corrected chi connectivity index (χ4v) is 4.28. The summed E-state index contributed by atoms with van der Waals surface area (Å²) in [7, 11) is -3.96. The summed E-state index contributed by atoms with van der Waals surface area (Å²) in [5.74, 6) is 0. The summed E-state index contributed by atoms with van der Waals surface area (Å²) in [6.07, 6.45) is 0. The Kier molecular flexibility index (Phi) is 7.79. The molecule has 0 amide bonds. The second kappa shape index (κ2) is 10.1. The lowest BCUT2D eigenvalue weighted by Crippen LogP contribution is -2.31. The van der Waals surface area contributed by atoms with Crippen LogP contribution in [-0.2, 0) is 10.0 Å². The van der Waals surface area contributed by atoms with Gasteiger partial charge >= 0.3 is 0 Å². The lowest BCUT2D eigenvalue weighted by Gasteiger charge is -2.22. The molecule has 3 aromatic rings. The number of hydrogen-bond donors (Lipinski definition) is 1. The zero-order chi connectivity index (χ0) is 22.3. The van der Waals surface area contributed by atoms with Crippen LogP contribution in [0, 0.1) is 17.0 Å². The van der Waals surface area contributed by atoms with Gasteiger partial charge in [0, 0.05) is 23.3 Å². The fraction of sp³-hybridized carbons (Fsp3) is 0.143. The molecule has 3 aromatic carbocycles. The quantitative estimate of drug-likeness (QED) is 0.335. The molecule has 0 fully saturated rings. The van der Waals surface area contributed by atoms with Gasteiger partial charge in [0.1, 0.15) is 5.69 Å². The number of nitrogens with zero attached hydrogens (tertiary/aromatic N) is 2. The minimum atomic E-state index is -3.96. The van der Waals surface area contributed by atoms with E-state index in [1.165, 1.54) is 42.0 Å². The molecule has 0 radical (unpaired) electrons. The first-order valence-corrected chi connectivity index (χ1v) is 10.8. The van der Waals surface area contributed by atoms with Crippen molar-refractivity contribution in [2.75, 3.05) is 16.6 Å². The maximum absolute atomic E-state index is 12.8. The molecule has 30 heavy (non-hydrogen) atoms. The van der Waals surface area contributed by atoms with Crippen molar-refractivity contribution in [3.63, 3.8) is 0 Å². The maximum Gasteiger partial charge on any atom is 0.295 e. The van der Waals surface area contributed by atoms with Crippen LogP contribution in [0.3, 0.4) is 0 Å². The monoisotopic (exact) mass is 447 g/mol. The van der Waals surface area contributed by atoms with E-state index in [1.807, 2.05) is 18.2 Å². The van der Waals surface area contributed by atoms with Crippen LogP contribution < -0.4 is 10.0 Å². The summed E-state index contributed by atoms with van der Waals surface area (Å²) in [5, 5.41) is 11.4. The molecule has 0 saturated carbocycles. The van der Waals surface area contributed by atoms with Crippen molar-refractivity contribution in [1.29, 1.82) is 0 Å². The van der Waals surface area contributed by atoms with Crippen molar-refractivity contribution in [2.24, 2.45) is 0 Å². The molecule has 0 aliphatic carbocycles. The molecule has 0 atom stereocenters. The van der Waals surface area contributed by atoms with Gasteiger partial charge in [-0.1, -0.05) is 47.5 Å². The molecular weight excluding hydrogens is 426 g/mol. The van der Waals surface area contributed by atoms with E-state index >= 15 is 0 Å². The van der Waals surface area contributed by atoms with Gasteiger partial charge in [-0.15, -0.1) is 0 Å². The third-order valence-electron chi connectivity index (χ3n) is 4.10. The summed E-state index contributed by atoms with van der Waals surface area (Å²) < 4.78 is 26.5. The summed E-state index contributed by atoms with van der Waals surface area (Å²) in [5.41, 5.74) is 6.88. The van der Waals surface area contributed by atoms with Gasteiger partial charge in [-0.25, -0.2) is 8.42 Å². The maximum atomic E-state index is 12.8. The third-order valence-corrected chi connectivity index (χ3v) is 6.24. The van der Waals surface area contributed by atoms with Crippen LogP contribution in [0.4, 0.5) is 17.1 Å². The van der Waals surface area contributed by atoms with Crippen LogP contribution in [0.2, 0.25) is 5.02 Å². The molecule has 0 aliphatic heterocycles. The van der Waals surface area contributed by atoms with E-state index in [9.17, 15) is 18.5 Å². The minimum absolute atomic E-state index is 0.00204. The van der Waals surface area contributed by atoms with Gasteiger partial charge in [0.2, 0.25) is 0 Å². The average Bonchev–Trinajstić information content (AvgIpc) is 2.70. The average molecular weight is 448 g/mol. The van der Waals surface area contributed by atoms with Crippen LogP contribution in [-0.4, -0.2) is 19.9 Å². The fourth-order valence-electron chi connectivity index (χ4n) is 2.62. The Bertz CT molecular complexity index is 1100. The van der Waals surface area contributed by atoms with E-state index in [-0.39, 0.29) is 27.8 Å². The van der Waals surface area contributed by atoms with Crippen molar-refractivity contribution in [2.45, 2.75) is 18.7 Å². The van der Waals surface area contributed by atoms with E-state index in [0.717, 1.165) is 10.4 Å². The summed E-state index contributed by atoms with van der Waals surface area (Å²) in [6, 6.07) is 19.7. The number of hydrogen-bond acceptors (Lipinski definition) is 5. The first kappa shape index (κ1) is 23.2. The molecule has 0 saturated heterocycles. The molecule has 0 aliphatic rings. The van der Waals surface area contributed by atoms with Gasteiger partial charge < -0.3 is 5.73 Å². The number of sulfonamides is 1. The Balaban J connectivity index is 0.000000386. The predicted octanol–water partition coefficient (Wildman–Crippen LogP) is 5.04. The van der Waals surface area contributed by atoms with E-state index in [0.29, 0.717) is 5.69 Å². The summed E-state index contributed by atoms with van der Waals surface area (Å²) in [6.45, 7) is 3.70. The molecule has 0 aromatic heterocycles. The second-order valence-corrected chi connectivity index (χ2v) is 8.58. The zero-order valence-corrected chi connectivity index (χ0v) is 18.1. The number of nitrogen functional groups attached to an aromatic ring is 1. The highest BCUT2D eigenvalue weighted by Crippen LogP contribution is 2.34. The molecule has 0 heterocycles. The van der Waals surface area contributed by atoms with Crippen LogP contribution >= 0.6 is 11.6 Å². The van der Waals surface area contributed by atoms with Gasteiger partial charge in [-0.3, -0.25) is 14.4 Å². The molecule has 0 spiro atoms. The number of nitrogens with two attached hydrogens (primary N) is 1. The second-order valence-electron chi connectivity index (χ2n) is 6.28. The largest absolute Gasteiger partial charge is 0.399 e. The van der Waals surface area contributed by atoms with Gasteiger partial charge in [0.15, 0.2) is 0 Å². The van der Waals surface area contributed by atoms with Crippen molar-refractivity contribution < 1.29 is 13.3 Å². The highest BCUT2D eigenvalue weighted by molar-refractivity contribution is 7.92. The van der Waals surface area contributed by atoms with Crippen LogP contribution in [0.15, 0.2) is 77.7 Å². The summed E-state index contributed by atoms with van der Waals surface area (Å²) in [4.78, 5) is 10.5. The lowest BCUT2D eigenvalue weighted by atomic mass is 10.2. The SMILES string of the molecule is CCN(c1ccc(Cl)cc1[N+](=O)[O-])S(=O)(=O)c1ccc(N)cc1.Cc1ccccc1. The number of aryl methyl sites for hydroxylation is 1. The van der Waals surface area contributed by atoms with Crippen LogP contribution in [0.5, 0.6) is 0 Å². The topological polar surface area (TPSA) is 107 Å². The first-order valence-electron chi connectivity index (χ1n) is 9.00. The van der Waals surface area contributed by atoms with Crippen molar-refractivity contribution in [1.82, 2.24) is 0 Å². The van der Waals surface area contributed by atoms with Crippen molar-refractivity contribution in [3.8, 4) is 0 Å². The molecular formula is C21H22ClN3O4S.